The van der Waals surface area contributed by atoms with Gasteiger partial charge >= 0.3 is 0 Å². The number of aliphatic hydroxyl groups excluding tert-OH is 1. The van der Waals surface area contributed by atoms with Crippen molar-refractivity contribution < 1.29 is 5.11 Å². The van der Waals surface area contributed by atoms with Crippen LogP contribution in [-0.2, 0) is 0 Å². The molecule has 0 unspecified atom stereocenters. The standard InChI is InChI=1S/C8H9ClN2O/c9-6-2-1-5(3-8(11)12)7(10)4-6/h1-4,12H,10-11H2/b8-3+. The first kappa shape index (κ1) is 8.74. The Labute approximate surface area is 75.2 Å². The van der Waals surface area contributed by atoms with Crippen LogP contribution in [0.3, 0.4) is 0 Å². The van der Waals surface area contributed by atoms with Gasteiger partial charge in [-0.1, -0.05) is 17.7 Å². The van der Waals surface area contributed by atoms with Crippen molar-refractivity contribution in [3.63, 3.8) is 0 Å². The van der Waals surface area contributed by atoms with Gasteiger partial charge < -0.3 is 16.6 Å². The lowest BCUT2D eigenvalue weighted by Crippen LogP contribution is -1.95. The fourth-order valence-corrected chi connectivity index (χ4v) is 1.02. The van der Waals surface area contributed by atoms with Crippen LogP contribution in [0.5, 0.6) is 0 Å². The quantitative estimate of drug-likeness (QED) is 0.460. The molecule has 0 atom stereocenters. The van der Waals surface area contributed by atoms with Gasteiger partial charge in [0, 0.05) is 22.3 Å². The molecule has 0 saturated carbocycles. The highest BCUT2D eigenvalue weighted by atomic mass is 35.5. The van der Waals surface area contributed by atoms with Crippen molar-refractivity contribution >= 4 is 23.4 Å². The van der Waals surface area contributed by atoms with Crippen molar-refractivity contribution in [1.29, 1.82) is 0 Å². The SMILES string of the molecule is N/C(O)=C\c1ccc(Cl)cc1N. The molecule has 0 heterocycles. The second-order valence-corrected chi connectivity index (χ2v) is 2.78. The summed E-state index contributed by atoms with van der Waals surface area (Å²) < 4.78 is 0. The molecule has 1 rings (SSSR count). The second kappa shape index (κ2) is 3.36. The number of nitrogens with two attached hydrogens (primary N) is 2. The highest BCUT2D eigenvalue weighted by Crippen LogP contribution is 2.19. The number of hydrogen-bond donors (Lipinski definition) is 3. The van der Waals surface area contributed by atoms with Gasteiger partial charge in [0.05, 0.1) is 0 Å². The predicted molar refractivity (Wildman–Crippen MR) is 50.7 cm³/mol. The minimum absolute atomic E-state index is 0.274. The van der Waals surface area contributed by atoms with Crippen LogP contribution in [0.4, 0.5) is 5.69 Å². The zero-order valence-electron chi connectivity index (χ0n) is 6.29. The average Bonchev–Trinajstić information content (AvgIpc) is 1.94. The zero-order valence-corrected chi connectivity index (χ0v) is 7.05. The first-order chi connectivity index (χ1) is 5.59. The van der Waals surface area contributed by atoms with Gasteiger partial charge in [0.15, 0.2) is 5.88 Å². The van der Waals surface area contributed by atoms with Gasteiger partial charge in [-0.25, -0.2) is 0 Å². The maximum Gasteiger partial charge on any atom is 0.182 e. The normalized spacial score (nSPS) is 11.6. The minimum atomic E-state index is -0.274. The molecule has 0 radical (unpaired) electrons. The number of rotatable bonds is 1. The van der Waals surface area contributed by atoms with E-state index in [1.54, 1.807) is 18.2 Å². The van der Waals surface area contributed by atoms with Crippen molar-refractivity contribution in [3.8, 4) is 0 Å². The van der Waals surface area contributed by atoms with E-state index in [4.69, 9.17) is 28.2 Å². The Morgan fingerprint density at radius 1 is 1.50 bits per heavy atom. The average molecular weight is 185 g/mol. The van der Waals surface area contributed by atoms with Gasteiger partial charge in [-0.3, -0.25) is 0 Å². The Balaban J connectivity index is 3.10. The van der Waals surface area contributed by atoms with Crippen LogP contribution in [-0.4, -0.2) is 5.11 Å². The maximum atomic E-state index is 8.75. The van der Waals surface area contributed by atoms with Crippen LogP contribution in [0.1, 0.15) is 5.56 Å². The van der Waals surface area contributed by atoms with Crippen LogP contribution in [0.25, 0.3) is 6.08 Å². The summed E-state index contributed by atoms with van der Waals surface area (Å²) >= 11 is 5.66. The van der Waals surface area contributed by atoms with E-state index in [1.807, 2.05) is 0 Å². The number of nitrogen functional groups attached to an aromatic ring is 1. The third-order valence-electron chi connectivity index (χ3n) is 1.35. The fourth-order valence-electron chi connectivity index (χ4n) is 0.836. The van der Waals surface area contributed by atoms with Gasteiger partial charge in [0.25, 0.3) is 0 Å². The van der Waals surface area contributed by atoms with E-state index in [9.17, 15) is 0 Å². The van der Waals surface area contributed by atoms with Crippen molar-refractivity contribution in [3.05, 3.63) is 34.7 Å². The summed E-state index contributed by atoms with van der Waals surface area (Å²) in [5, 5.41) is 9.31. The Morgan fingerprint density at radius 2 is 2.17 bits per heavy atom. The van der Waals surface area contributed by atoms with Gasteiger partial charge in [-0.2, -0.15) is 0 Å². The minimum Gasteiger partial charge on any atom is -0.495 e. The molecule has 0 aliphatic heterocycles. The van der Waals surface area contributed by atoms with Gasteiger partial charge in [0.2, 0.25) is 0 Å². The molecule has 4 heteroatoms. The van der Waals surface area contributed by atoms with Crippen molar-refractivity contribution in [2.75, 3.05) is 5.73 Å². The fraction of sp³-hybridized carbons (Fsp3) is 0. The molecular formula is C8H9ClN2O. The Bertz CT molecular complexity index is 319. The molecule has 3 nitrogen and oxygen atoms in total. The van der Waals surface area contributed by atoms with E-state index >= 15 is 0 Å². The molecule has 0 aliphatic rings. The second-order valence-electron chi connectivity index (χ2n) is 2.34. The van der Waals surface area contributed by atoms with E-state index in [0.29, 0.717) is 16.3 Å². The Morgan fingerprint density at radius 3 is 2.67 bits per heavy atom. The maximum absolute atomic E-state index is 8.75. The van der Waals surface area contributed by atoms with Crippen LogP contribution in [0.2, 0.25) is 5.02 Å². The number of hydrogen-bond acceptors (Lipinski definition) is 3. The monoisotopic (exact) mass is 184 g/mol. The molecule has 0 aromatic heterocycles. The number of aliphatic hydroxyl groups is 1. The molecule has 12 heavy (non-hydrogen) atoms. The lowest BCUT2D eigenvalue weighted by Gasteiger charge is -2.00. The van der Waals surface area contributed by atoms with Crippen LogP contribution in [0, 0.1) is 0 Å². The van der Waals surface area contributed by atoms with E-state index in [0.717, 1.165) is 0 Å². The predicted octanol–water partition coefficient (Wildman–Crippen LogP) is 1.74. The molecule has 64 valence electrons. The molecule has 0 aliphatic carbocycles. The molecule has 0 fully saturated rings. The molecule has 0 amide bonds. The summed E-state index contributed by atoms with van der Waals surface area (Å²) in [6.07, 6.45) is 1.37. The third kappa shape index (κ3) is 2.07. The molecular weight excluding hydrogens is 176 g/mol. The zero-order chi connectivity index (χ0) is 9.14. The topological polar surface area (TPSA) is 72.3 Å². The number of anilines is 1. The van der Waals surface area contributed by atoms with Gasteiger partial charge in [0.1, 0.15) is 0 Å². The van der Waals surface area contributed by atoms with Crippen molar-refractivity contribution in [2.24, 2.45) is 5.73 Å². The van der Waals surface area contributed by atoms with E-state index in [-0.39, 0.29) is 5.88 Å². The van der Waals surface area contributed by atoms with Crippen LogP contribution >= 0.6 is 11.6 Å². The first-order valence-electron chi connectivity index (χ1n) is 3.31. The summed E-state index contributed by atoms with van der Waals surface area (Å²) in [5.41, 5.74) is 11.8. The van der Waals surface area contributed by atoms with E-state index < -0.39 is 0 Å². The third-order valence-corrected chi connectivity index (χ3v) is 1.59. The Hall–Kier alpha value is -1.35. The highest BCUT2D eigenvalue weighted by Gasteiger charge is 1.96. The molecule has 0 saturated heterocycles. The summed E-state index contributed by atoms with van der Waals surface area (Å²) in [7, 11) is 0. The van der Waals surface area contributed by atoms with Gasteiger partial charge in [-0.15, -0.1) is 0 Å². The van der Waals surface area contributed by atoms with Crippen molar-refractivity contribution in [2.45, 2.75) is 0 Å². The molecule has 0 spiro atoms. The molecule has 1 aromatic carbocycles. The largest absolute Gasteiger partial charge is 0.495 e. The van der Waals surface area contributed by atoms with Crippen LogP contribution < -0.4 is 11.5 Å². The van der Waals surface area contributed by atoms with Crippen molar-refractivity contribution in [1.82, 2.24) is 0 Å². The van der Waals surface area contributed by atoms with Crippen LogP contribution in [0.15, 0.2) is 24.1 Å². The summed E-state index contributed by atoms with van der Waals surface area (Å²) in [6, 6.07) is 4.95. The number of halogens is 1. The lowest BCUT2D eigenvalue weighted by atomic mass is 10.2. The summed E-state index contributed by atoms with van der Waals surface area (Å²) in [4.78, 5) is 0. The highest BCUT2D eigenvalue weighted by molar-refractivity contribution is 6.30. The first-order valence-corrected chi connectivity index (χ1v) is 3.68. The molecule has 5 N–H and O–H groups in total. The summed E-state index contributed by atoms with van der Waals surface area (Å²) in [6.45, 7) is 0. The summed E-state index contributed by atoms with van der Waals surface area (Å²) in [5.74, 6) is -0.274. The Kier molecular flexibility index (Phi) is 2.45. The van der Waals surface area contributed by atoms with E-state index in [1.165, 1.54) is 6.08 Å². The number of benzene rings is 1. The smallest absolute Gasteiger partial charge is 0.182 e. The molecule has 1 aromatic rings. The molecule has 0 bridgehead atoms. The van der Waals surface area contributed by atoms with Gasteiger partial charge in [-0.05, 0) is 12.1 Å². The van der Waals surface area contributed by atoms with E-state index in [2.05, 4.69) is 0 Å². The lowest BCUT2D eigenvalue weighted by molar-refractivity contribution is 0.411.